The first kappa shape index (κ1) is 17.3. The number of rotatable bonds is 8. The van der Waals surface area contributed by atoms with E-state index < -0.39 is 0 Å². The maximum Gasteiger partial charge on any atom is 0.224 e. The van der Waals surface area contributed by atoms with Crippen LogP contribution in [0.25, 0.3) is 0 Å². The Balaban J connectivity index is 1.96. The molecule has 0 saturated heterocycles. The van der Waals surface area contributed by atoms with E-state index in [0.717, 1.165) is 18.1 Å². The van der Waals surface area contributed by atoms with Crippen molar-refractivity contribution in [3.05, 3.63) is 34.9 Å². The summed E-state index contributed by atoms with van der Waals surface area (Å²) in [5, 5.41) is 4.42. The first-order valence-corrected chi connectivity index (χ1v) is 8.72. The normalized spacial score (nSPS) is 17.1. The molecular weight excluding hydrogens is 296 g/mol. The Labute approximate surface area is 139 Å². The van der Waals surface area contributed by atoms with E-state index in [1.165, 1.54) is 18.4 Å². The molecule has 22 heavy (non-hydrogen) atoms. The molecule has 0 heterocycles. The van der Waals surface area contributed by atoms with Gasteiger partial charge in [-0.3, -0.25) is 4.79 Å². The Morgan fingerprint density at radius 2 is 1.86 bits per heavy atom. The molecule has 3 nitrogen and oxygen atoms in total. The van der Waals surface area contributed by atoms with Crippen molar-refractivity contribution in [1.29, 1.82) is 0 Å². The minimum atomic E-state index is 0.175. The standard InChI is InChI=1S/C18H27ClN2O/c1-4-21(5-2)17(22)12-13(3)20-18(14-6-7-14)15-8-10-16(19)11-9-15/h8-11,13-14,18,20H,4-7,12H2,1-3H3. The number of benzene rings is 1. The summed E-state index contributed by atoms with van der Waals surface area (Å²) in [6, 6.07) is 8.58. The molecule has 0 aromatic heterocycles. The summed E-state index contributed by atoms with van der Waals surface area (Å²) in [6.45, 7) is 7.73. The Bertz CT molecular complexity index is 480. The van der Waals surface area contributed by atoms with Crippen molar-refractivity contribution < 1.29 is 4.79 Å². The fraction of sp³-hybridized carbons (Fsp3) is 0.611. The fourth-order valence-electron chi connectivity index (χ4n) is 2.94. The van der Waals surface area contributed by atoms with E-state index in [1.807, 2.05) is 30.9 Å². The number of halogens is 1. The predicted octanol–water partition coefficient (Wildman–Crippen LogP) is 4.03. The summed E-state index contributed by atoms with van der Waals surface area (Å²) in [5.41, 5.74) is 1.27. The van der Waals surface area contributed by atoms with Gasteiger partial charge in [0.25, 0.3) is 0 Å². The third kappa shape index (κ3) is 4.72. The number of hydrogen-bond acceptors (Lipinski definition) is 2. The van der Waals surface area contributed by atoms with Crippen molar-refractivity contribution in [3.8, 4) is 0 Å². The van der Waals surface area contributed by atoms with E-state index in [2.05, 4.69) is 24.4 Å². The third-order valence-corrected chi connectivity index (χ3v) is 4.64. The van der Waals surface area contributed by atoms with Crippen molar-refractivity contribution in [2.75, 3.05) is 13.1 Å². The van der Waals surface area contributed by atoms with Crippen LogP contribution in [0.15, 0.2) is 24.3 Å². The van der Waals surface area contributed by atoms with Gasteiger partial charge in [0.1, 0.15) is 0 Å². The molecule has 1 N–H and O–H groups in total. The zero-order chi connectivity index (χ0) is 16.1. The number of hydrogen-bond donors (Lipinski definition) is 1. The van der Waals surface area contributed by atoms with Gasteiger partial charge in [-0.1, -0.05) is 23.7 Å². The number of nitrogens with zero attached hydrogens (tertiary/aromatic N) is 1. The van der Waals surface area contributed by atoms with Gasteiger partial charge in [0.2, 0.25) is 5.91 Å². The second-order valence-electron chi connectivity index (χ2n) is 6.20. The van der Waals surface area contributed by atoms with Crippen LogP contribution in [0, 0.1) is 5.92 Å². The molecule has 2 unspecified atom stereocenters. The fourth-order valence-corrected chi connectivity index (χ4v) is 3.06. The highest BCUT2D eigenvalue weighted by atomic mass is 35.5. The van der Waals surface area contributed by atoms with Crippen LogP contribution >= 0.6 is 11.6 Å². The first-order valence-electron chi connectivity index (χ1n) is 8.34. The van der Waals surface area contributed by atoms with E-state index in [1.54, 1.807) is 0 Å². The average molecular weight is 323 g/mol. The molecule has 0 radical (unpaired) electrons. The zero-order valence-corrected chi connectivity index (χ0v) is 14.6. The van der Waals surface area contributed by atoms with Crippen molar-refractivity contribution in [3.63, 3.8) is 0 Å². The van der Waals surface area contributed by atoms with Gasteiger partial charge in [0.05, 0.1) is 0 Å². The summed E-state index contributed by atoms with van der Waals surface area (Å²) in [6.07, 6.45) is 3.08. The lowest BCUT2D eigenvalue weighted by molar-refractivity contribution is -0.131. The van der Waals surface area contributed by atoms with Gasteiger partial charge in [0.15, 0.2) is 0 Å². The van der Waals surface area contributed by atoms with Crippen LogP contribution < -0.4 is 5.32 Å². The second kappa shape index (κ2) is 7.98. The highest BCUT2D eigenvalue weighted by Gasteiger charge is 2.33. The molecule has 2 rings (SSSR count). The highest BCUT2D eigenvalue weighted by molar-refractivity contribution is 6.30. The molecule has 1 aliphatic rings. The van der Waals surface area contributed by atoms with Crippen LogP contribution in [0.2, 0.25) is 5.02 Å². The highest BCUT2D eigenvalue weighted by Crippen LogP contribution is 2.41. The van der Waals surface area contributed by atoms with Crippen LogP contribution in [-0.4, -0.2) is 29.9 Å². The lowest BCUT2D eigenvalue weighted by Crippen LogP contribution is -2.38. The molecule has 0 aliphatic heterocycles. The van der Waals surface area contributed by atoms with Crippen LogP contribution in [0.1, 0.15) is 51.6 Å². The maximum atomic E-state index is 12.2. The number of amides is 1. The molecular formula is C18H27ClN2O. The smallest absolute Gasteiger partial charge is 0.224 e. The number of nitrogens with one attached hydrogen (secondary N) is 1. The van der Waals surface area contributed by atoms with Crippen LogP contribution in [0.5, 0.6) is 0 Å². The monoisotopic (exact) mass is 322 g/mol. The third-order valence-electron chi connectivity index (χ3n) is 4.38. The molecule has 4 heteroatoms. The van der Waals surface area contributed by atoms with E-state index in [9.17, 15) is 4.79 Å². The Kier molecular flexibility index (Phi) is 6.27. The van der Waals surface area contributed by atoms with Crippen molar-refractivity contribution >= 4 is 17.5 Å². The lowest BCUT2D eigenvalue weighted by atomic mass is 10.0. The summed E-state index contributed by atoms with van der Waals surface area (Å²) in [5.74, 6) is 0.919. The van der Waals surface area contributed by atoms with E-state index in [0.29, 0.717) is 18.4 Å². The van der Waals surface area contributed by atoms with Crippen LogP contribution in [0.3, 0.4) is 0 Å². The van der Waals surface area contributed by atoms with Crippen molar-refractivity contribution in [1.82, 2.24) is 10.2 Å². The van der Waals surface area contributed by atoms with Gasteiger partial charge in [-0.15, -0.1) is 0 Å². The molecule has 1 aromatic carbocycles. The van der Waals surface area contributed by atoms with Gasteiger partial charge in [0, 0.05) is 36.6 Å². The Morgan fingerprint density at radius 3 is 2.36 bits per heavy atom. The lowest BCUT2D eigenvalue weighted by Gasteiger charge is -2.26. The topological polar surface area (TPSA) is 32.3 Å². The molecule has 122 valence electrons. The van der Waals surface area contributed by atoms with Gasteiger partial charge < -0.3 is 10.2 Å². The summed E-state index contributed by atoms with van der Waals surface area (Å²) < 4.78 is 0. The molecule has 1 fully saturated rings. The van der Waals surface area contributed by atoms with Gasteiger partial charge in [-0.05, 0) is 57.2 Å². The molecule has 2 atom stereocenters. The van der Waals surface area contributed by atoms with Crippen LogP contribution in [-0.2, 0) is 4.79 Å². The maximum absolute atomic E-state index is 12.2. The minimum Gasteiger partial charge on any atom is -0.343 e. The summed E-state index contributed by atoms with van der Waals surface area (Å²) in [4.78, 5) is 14.1. The Hall–Kier alpha value is -1.06. The number of carbonyl (C=O) groups excluding carboxylic acids is 1. The molecule has 1 aromatic rings. The molecule has 1 amide bonds. The van der Waals surface area contributed by atoms with Crippen molar-refractivity contribution in [2.24, 2.45) is 5.92 Å². The van der Waals surface area contributed by atoms with Crippen molar-refractivity contribution in [2.45, 2.75) is 52.1 Å². The Morgan fingerprint density at radius 1 is 1.27 bits per heavy atom. The summed E-state index contributed by atoms with van der Waals surface area (Å²) in [7, 11) is 0. The average Bonchev–Trinajstić information content (AvgIpc) is 3.31. The SMILES string of the molecule is CCN(CC)C(=O)CC(C)NC(c1ccc(Cl)cc1)C1CC1. The number of carbonyl (C=O) groups is 1. The van der Waals surface area contributed by atoms with Gasteiger partial charge >= 0.3 is 0 Å². The van der Waals surface area contributed by atoms with E-state index in [4.69, 9.17) is 11.6 Å². The van der Waals surface area contributed by atoms with E-state index >= 15 is 0 Å². The minimum absolute atomic E-state index is 0.175. The molecule has 0 spiro atoms. The first-order chi connectivity index (χ1) is 10.5. The zero-order valence-electron chi connectivity index (χ0n) is 13.8. The molecule has 0 bridgehead atoms. The van der Waals surface area contributed by atoms with E-state index in [-0.39, 0.29) is 11.9 Å². The van der Waals surface area contributed by atoms with Crippen LogP contribution in [0.4, 0.5) is 0 Å². The van der Waals surface area contributed by atoms with Gasteiger partial charge in [-0.25, -0.2) is 0 Å². The quantitative estimate of drug-likeness (QED) is 0.783. The largest absolute Gasteiger partial charge is 0.343 e. The predicted molar refractivity (Wildman–Crippen MR) is 92.1 cm³/mol. The second-order valence-corrected chi connectivity index (χ2v) is 6.64. The van der Waals surface area contributed by atoms with Gasteiger partial charge in [-0.2, -0.15) is 0 Å². The summed E-state index contributed by atoms with van der Waals surface area (Å²) >= 11 is 5.98. The molecule has 1 saturated carbocycles. The molecule has 1 aliphatic carbocycles.